The lowest BCUT2D eigenvalue weighted by atomic mass is 10.1. The summed E-state index contributed by atoms with van der Waals surface area (Å²) < 4.78 is 5.24. The van der Waals surface area contributed by atoms with Gasteiger partial charge in [0.15, 0.2) is 0 Å². The zero-order valence-corrected chi connectivity index (χ0v) is 8.15. The van der Waals surface area contributed by atoms with Crippen molar-refractivity contribution in [3.63, 3.8) is 0 Å². The van der Waals surface area contributed by atoms with Gasteiger partial charge in [-0.15, -0.1) is 0 Å². The summed E-state index contributed by atoms with van der Waals surface area (Å²) in [5.74, 6) is 0.675. The van der Waals surface area contributed by atoms with Crippen molar-refractivity contribution in [1.82, 2.24) is 5.32 Å². The summed E-state index contributed by atoms with van der Waals surface area (Å²) in [5.41, 5.74) is 0. The van der Waals surface area contributed by atoms with Crippen LogP contribution in [0.1, 0.15) is 12.8 Å². The minimum Gasteiger partial charge on any atom is -0.379 e. The normalized spacial score (nSPS) is 23.6. The molecule has 1 atom stereocenters. The SMILES string of the molecule is CSCC(=O)N[C@H]1CCCOC1. The Morgan fingerprint density at radius 3 is 3.17 bits per heavy atom. The molecule has 1 saturated heterocycles. The summed E-state index contributed by atoms with van der Waals surface area (Å²) in [7, 11) is 0. The van der Waals surface area contributed by atoms with E-state index in [1.165, 1.54) is 0 Å². The Morgan fingerprint density at radius 1 is 1.75 bits per heavy atom. The minimum absolute atomic E-state index is 0.123. The van der Waals surface area contributed by atoms with E-state index in [9.17, 15) is 4.79 Å². The second kappa shape index (κ2) is 5.43. The number of nitrogens with one attached hydrogen (secondary N) is 1. The van der Waals surface area contributed by atoms with E-state index in [0.29, 0.717) is 12.4 Å². The molecule has 0 spiro atoms. The number of hydrogen-bond donors (Lipinski definition) is 1. The molecule has 0 aromatic heterocycles. The van der Waals surface area contributed by atoms with Crippen molar-refractivity contribution in [2.45, 2.75) is 18.9 Å². The molecule has 0 aromatic carbocycles. The molecule has 4 heteroatoms. The fourth-order valence-electron chi connectivity index (χ4n) is 1.25. The Labute approximate surface area is 77.2 Å². The van der Waals surface area contributed by atoms with Crippen molar-refractivity contribution < 1.29 is 9.53 Å². The van der Waals surface area contributed by atoms with Crippen LogP contribution in [0.2, 0.25) is 0 Å². The quantitative estimate of drug-likeness (QED) is 0.708. The maximum atomic E-state index is 11.1. The Morgan fingerprint density at radius 2 is 2.58 bits per heavy atom. The number of ether oxygens (including phenoxy) is 1. The van der Waals surface area contributed by atoms with Gasteiger partial charge in [-0.1, -0.05) is 0 Å². The van der Waals surface area contributed by atoms with Gasteiger partial charge in [0, 0.05) is 6.61 Å². The van der Waals surface area contributed by atoms with Gasteiger partial charge in [-0.2, -0.15) is 11.8 Å². The first kappa shape index (κ1) is 9.86. The van der Waals surface area contributed by atoms with Gasteiger partial charge in [0.25, 0.3) is 0 Å². The molecule has 1 aliphatic rings. The molecule has 0 bridgehead atoms. The van der Waals surface area contributed by atoms with E-state index in [2.05, 4.69) is 5.32 Å². The first-order valence-electron chi connectivity index (χ1n) is 4.19. The van der Waals surface area contributed by atoms with Crippen LogP contribution in [0.25, 0.3) is 0 Å². The standard InChI is InChI=1S/C8H15NO2S/c1-12-6-8(10)9-7-3-2-4-11-5-7/h7H,2-6H2,1H3,(H,9,10)/t7-/m0/s1. The van der Waals surface area contributed by atoms with Gasteiger partial charge in [0.2, 0.25) is 5.91 Å². The lowest BCUT2D eigenvalue weighted by Gasteiger charge is -2.22. The number of thioether (sulfide) groups is 1. The molecule has 0 aliphatic carbocycles. The molecule has 12 heavy (non-hydrogen) atoms. The van der Waals surface area contributed by atoms with Crippen LogP contribution in [0.15, 0.2) is 0 Å². The molecule has 1 fully saturated rings. The molecule has 3 nitrogen and oxygen atoms in total. The molecule has 1 N–H and O–H groups in total. The Balaban J connectivity index is 2.15. The van der Waals surface area contributed by atoms with Crippen LogP contribution < -0.4 is 5.32 Å². The molecule has 0 radical (unpaired) electrons. The monoisotopic (exact) mass is 189 g/mol. The maximum Gasteiger partial charge on any atom is 0.230 e. The second-order valence-corrected chi connectivity index (χ2v) is 3.78. The number of carbonyl (C=O) groups is 1. The molecule has 1 heterocycles. The fourth-order valence-corrected chi connectivity index (χ4v) is 1.60. The Hall–Kier alpha value is -0.220. The molecule has 70 valence electrons. The van der Waals surface area contributed by atoms with E-state index in [1.807, 2.05) is 6.26 Å². The van der Waals surface area contributed by atoms with Crippen molar-refractivity contribution in [2.24, 2.45) is 0 Å². The molecular formula is C8H15NO2S. The van der Waals surface area contributed by atoms with Crippen molar-refractivity contribution in [3.8, 4) is 0 Å². The van der Waals surface area contributed by atoms with Crippen LogP contribution in [0.5, 0.6) is 0 Å². The predicted octanol–water partition coefficient (Wildman–Crippen LogP) is 0.645. The van der Waals surface area contributed by atoms with E-state index in [1.54, 1.807) is 11.8 Å². The van der Waals surface area contributed by atoms with Crippen LogP contribution >= 0.6 is 11.8 Å². The maximum absolute atomic E-state index is 11.1. The lowest BCUT2D eigenvalue weighted by Crippen LogP contribution is -2.41. The van der Waals surface area contributed by atoms with Crippen molar-refractivity contribution in [3.05, 3.63) is 0 Å². The smallest absolute Gasteiger partial charge is 0.230 e. The van der Waals surface area contributed by atoms with Gasteiger partial charge in [-0.05, 0) is 19.1 Å². The van der Waals surface area contributed by atoms with Crippen LogP contribution in [0, 0.1) is 0 Å². The summed E-state index contributed by atoms with van der Waals surface area (Å²) in [5, 5.41) is 2.94. The molecule has 0 saturated carbocycles. The van der Waals surface area contributed by atoms with Crippen LogP contribution in [0.3, 0.4) is 0 Å². The lowest BCUT2D eigenvalue weighted by molar-refractivity contribution is -0.120. The van der Waals surface area contributed by atoms with Crippen molar-refractivity contribution in [1.29, 1.82) is 0 Å². The molecule has 1 aliphatic heterocycles. The van der Waals surface area contributed by atoms with Gasteiger partial charge in [0.05, 0.1) is 18.4 Å². The van der Waals surface area contributed by atoms with Gasteiger partial charge < -0.3 is 10.1 Å². The van der Waals surface area contributed by atoms with Crippen LogP contribution in [-0.2, 0) is 9.53 Å². The Bertz CT molecular complexity index is 146. The molecule has 0 unspecified atom stereocenters. The first-order chi connectivity index (χ1) is 5.83. The van der Waals surface area contributed by atoms with E-state index in [-0.39, 0.29) is 11.9 Å². The average Bonchev–Trinajstić information content (AvgIpc) is 2.06. The van der Waals surface area contributed by atoms with E-state index in [0.717, 1.165) is 19.4 Å². The third-order valence-corrected chi connectivity index (χ3v) is 2.35. The second-order valence-electron chi connectivity index (χ2n) is 2.91. The highest BCUT2D eigenvalue weighted by Crippen LogP contribution is 2.05. The summed E-state index contributed by atoms with van der Waals surface area (Å²) in [6, 6.07) is 0.249. The third kappa shape index (κ3) is 3.45. The van der Waals surface area contributed by atoms with Gasteiger partial charge in [-0.3, -0.25) is 4.79 Å². The fraction of sp³-hybridized carbons (Fsp3) is 0.875. The van der Waals surface area contributed by atoms with E-state index in [4.69, 9.17) is 4.74 Å². The first-order valence-corrected chi connectivity index (χ1v) is 5.58. The summed E-state index contributed by atoms with van der Waals surface area (Å²) in [6.07, 6.45) is 4.04. The van der Waals surface area contributed by atoms with Crippen molar-refractivity contribution >= 4 is 17.7 Å². The van der Waals surface area contributed by atoms with Crippen molar-refractivity contribution in [2.75, 3.05) is 25.2 Å². The molecule has 1 rings (SSSR count). The third-order valence-electron chi connectivity index (χ3n) is 1.80. The number of rotatable bonds is 3. The van der Waals surface area contributed by atoms with E-state index < -0.39 is 0 Å². The van der Waals surface area contributed by atoms with Crippen LogP contribution in [0.4, 0.5) is 0 Å². The highest BCUT2D eigenvalue weighted by atomic mass is 32.2. The highest BCUT2D eigenvalue weighted by molar-refractivity contribution is 7.99. The predicted molar refractivity (Wildman–Crippen MR) is 50.4 cm³/mol. The van der Waals surface area contributed by atoms with E-state index >= 15 is 0 Å². The van der Waals surface area contributed by atoms with Gasteiger partial charge in [-0.25, -0.2) is 0 Å². The molecule has 1 amide bonds. The number of carbonyl (C=O) groups excluding carboxylic acids is 1. The van der Waals surface area contributed by atoms with Crippen LogP contribution in [-0.4, -0.2) is 37.2 Å². The highest BCUT2D eigenvalue weighted by Gasteiger charge is 2.15. The summed E-state index contributed by atoms with van der Waals surface area (Å²) in [6.45, 7) is 1.52. The molecular weight excluding hydrogens is 174 g/mol. The number of amides is 1. The zero-order valence-electron chi connectivity index (χ0n) is 7.34. The average molecular weight is 189 g/mol. The minimum atomic E-state index is 0.123. The Kier molecular flexibility index (Phi) is 4.46. The zero-order chi connectivity index (χ0) is 8.81. The number of hydrogen-bond acceptors (Lipinski definition) is 3. The van der Waals surface area contributed by atoms with Gasteiger partial charge in [0.1, 0.15) is 0 Å². The summed E-state index contributed by atoms with van der Waals surface area (Å²) in [4.78, 5) is 11.1. The topological polar surface area (TPSA) is 38.3 Å². The summed E-state index contributed by atoms with van der Waals surface area (Å²) >= 11 is 1.55. The molecule has 0 aromatic rings. The largest absolute Gasteiger partial charge is 0.379 e. The van der Waals surface area contributed by atoms with Gasteiger partial charge >= 0.3 is 0 Å².